The molecule has 0 aromatic heterocycles. The van der Waals surface area contributed by atoms with Gasteiger partial charge in [0.1, 0.15) is 0 Å². The number of aryl methyl sites for hydroxylation is 1. The molecule has 0 heterocycles. The number of unbranched alkanes of at least 4 members (excludes halogenated alkanes) is 1. The van der Waals surface area contributed by atoms with E-state index in [9.17, 15) is 4.79 Å². The highest BCUT2D eigenvalue weighted by atomic mass is 16.5. The Labute approximate surface area is 162 Å². The Morgan fingerprint density at radius 1 is 0.889 bits per heavy atom. The topological polar surface area (TPSA) is 26.3 Å². The van der Waals surface area contributed by atoms with E-state index >= 15 is 0 Å². The normalized spacial score (nSPS) is 12.0. The summed E-state index contributed by atoms with van der Waals surface area (Å²) in [7, 11) is 0. The molecular weight excluding hydrogens is 332 g/mol. The maximum atomic E-state index is 12.5. The van der Waals surface area contributed by atoms with Gasteiger partial charge in [-0.15, -0.1) is 0 Å². The zero-order valence-corrected chi connectivity index (χ0v) is 16.1. The fraction of sp³-hybridized carbons (Fsp3) is 0.320. The third kappa shape index (κ3) is 5.43. The maximum Gasteiger partial charge on any atom is 0.309 e. The van der Waals surface area contributed by atoms with Crippen LogP contribution in [0.25, 0.3) is 10.8 Å². The summed E-state index contributed by atoms with van der Waals surface area (Å²) in [5.74, 6) is -0.142. The van der Waals surface area contributed by atoms with Crippen molar-refractivity contribution in [1.29, 1.82) is 0 Å². The van der Waals surface area contributed by atoms with Crippen molar-refractivity contribution >= 4 is 16.7 Å². The zero-order valence-electron chi connectivity index (χ0n) is 16.1. The van der Waals surface area contributed by atoms with Crippen molar-refractivity contribution in [2.24, 2.45) is 5.92 Å². The van der Waals surface area contributed by atoms with Crippen LogP contribution in [0.2, 0.25) is 0 Å². The van der Waals surface area contributed by atoms with E-state index in [0.29, 0.717) is 6.61 Å². The largest absolute Gasteiger partial charge is 0.466 e. The van der Waals surface area contributed by atoms with E-state index in [1.165, 1.54) is 21.9 Å². The lowest BCUT2D eigenvalue weighted by molar-refractivity contribution is -0.148. The standard InChI is InChI=1S/C25H28O2/c1-2-27-25(26)23(15-7-6-13-20-11-4-3-5-12-20)19-22-17-10-16-21-14-8-9-18-24(21)22/h3-5,8-12,14,16-18,23H,2,6-7,13,15,19H2,1H3. The van der Waals surface area contributed by atoms with Crippen molar-refractivity contribution < 1.29 is 9.53 Å². The molecule has 2 heteroatoms. The first-order valence-corrected chi connectivity index (χ1v) is 9.95. The molecule has 3 rings (SSSR count). The Bertz CT molecular complexity index is 849. The fourth-order valence-electron chi connectivity index (χ4n) is 3.66. The molecule has 0 amide bonds. The molecule has 3 aromatic rings. The van der Waals surface area contributed by atoms with Gasteiger partial charge in [-0.3, -0.25) is 4.79 Å². The summed E-state index contributed by atoms with van der Waals surface area (Å²) in [5.41, 5.74) is 2.59. The number of benzene rings is 3. The van der Waals surface area contributed by atoms with Gasteiger partial charge in [-0.1, -0.05) is 79.2 Å². The van der Waals surface area contributed by atoms with Gasteiger partial charge < -0.3 is 4.74 Å². The van der Waals surface area contributed by atoms with Gasteiger partial charge in [-0.05, 0) is 54.5 Å². The third-order valence-electron chi connectivity index (χ3n) is 5.08. The van der Waals surface area contributed by atoms with E-state index in [1.807, 2.05) is 13.0 Å². The third-order valence-corrected chi connectivity index (χ3v) is 5.08. The van der Waals surface area contributed by atoms with Gasteiger partial charge >= 0.3 is 5.97 Å². The first-order valence-electron chi connectivity index (χ1n) is 9.95. The molecule has 0 saturated carbocycles. The van der Waals surface area contributed by atoms with Crippen LogP contribution in [0.5, 0.6) is 0 Å². The minimum atomic E-state index is -0.0773. The molecule has 3 aromatic carbocycles. The van der Waals surface area contributed by atoms with Crippen LogP contribution in [0.1, 0.15) is 37.3 Å². The first kappa shape index (κ1) is 19.2. The van der Waals surface area contributed by atoms with E-state index in [-0.39, 0.29) is 11.9 Å². The van der Waals surface area contributed by atoms with Crippen LogP contribution in [0, 0.1) is 5.92 Å². The summed E-state index contributed by atoms with van der Waals surface area (Å²) in [5, 5.41) is 2.46. The van der Waals surface area contributed by atoms with Crippen LogP contribution in [-0.2, 0) is 22.4 Å². The minimum absolute atomic E-state index is 0.0647. The van der Waals surface area contributed by atoms with Crippen LogP contribution in [0.15, 0.2) is 72.8 Å². The highest BCUT2D eigenvalue weighted by Gasteiger charge is 2.20. The second-order valence-corrected chi connectivity index (χ2v) is 7.02. The molecule has 0 N–H and O–H groups in total. The zero-order chi connectivity index (χ0) is 18.9. The molecule has 1 atom stereocenters. The van der Waals surface area contributed by atoms with E-state index in [1.54, 1.807) is 0 Å². The Balaban J connectivity index is 1.65. The van der Waals surface area contributed by atoms with Crippen LogP contribution in [0.3, 0.4) is 0 Å². The van der Waals surface area contributed by atoms with Gasteiger partial charge in [-0.2, -0.15) is 0 Å². The maximum absolute atomic E-state index is 12.5. The Hall–Kier alpha value is -2.61. The molecule has 140 valence electrons. The summed E-state index contributed by atoms with van der Waals surface area (Å²) >= 11 is 0. The molecule has 0 saturated heterocycles. The minimum Gasteiger partial charge on any atom is -0.466 e. The fourth-order valence-corrected chi connectivity index (χ4v) is 3.66. The highest BCUT2D eigenvalue weighted by molar-refractivity contribution is 5.86. The second kappa shape index (κ2) is 9.91. The van der Waals surface area contributed by atoms with Crippen LogP contribution >= 0.6 is 0 Å². The molecule has 27 heavy (non-hydrogen) atoms. The highest BCUT2D eigenvalue weighted by Crippen LogP contribution is 2.24. The average molecular weight is 360 g/mol. The number of esters is 1. The van der Waals surface area contributed by atoms with Gasteiger partial charge in [0.2, 0.25) is 0 Å². The van der Waals surface area contributed by atoms with E-state index < -0.39 is 0 Å². The SMILES string of the molecule is CCOC(=O)C(CCCCc1ccccc1)Cc1cccc2ccccc12. The summed E-state index contributed by atoms with van der Waals surface area (Å²) in [6, 6.07) is 25.3. The number of hydrogen-bond donors (Lipinski definition) is 0. The van der Waals surface area contributed by atoms with Gasteiger partial charge in [0, 0.05) is 0 Å². The lowest BCUT2D eigenvalue weighted by Crippen LogP contribution is -2.20. The molecule has 0 aliphatic carbocycles. The predicted octanol–water partition coefficient (Wildman–Crippen LogP) is 5.97. The van der Waals surface area contributed by atoms with Crippen molar-refractivity contribution in [3.8, 4) is 0 Å². The molecule has 2 nitrogen and oxygen atoms in total. The van der Waals surface area contributed by atoms with Crippen molar-refractivity contribution in [1.82, 2.24) is 0 Å². The quantitative estimate of drug-likeness (QED) is 0.347. The number of fused-ring (bicyclic) bond motifs is 1. The monoisotopic (exact) mass is 360 g/mol. The van der Waals surface area contributed by atoms with Crippen LogP contribution < -0.4 is 0 Å². The van der Waals surface area contributed by atoms with Crippen LogP contribution in [0.4, 0.5) is 0 Å². The smallest absolute Gasteiger partial charge is 0.309 e. The number of hydrogen-bond acceptors (Lipinski definition) is 2. The number of carbonyl (C=O) groups excluding carboxylic acids is 1. The summed E-state index contributed by atoms with van der Waals surface area (Å²) in [6.07, 6.45) is 4.80. The molecule has 0 radical (unpaired) electrons. The lowest BCUT2D eigenvalue weighted by Gasteiger charge is -2.17. The van der Waals surface area contributed by atoms with E-state index in [0.717, 1.165) is 32.1 Å². The Kier molecular flexibility index (Phi) is 7.04. The first-order chi connectivity index (χ1) is 13.3. The van der Waals surface area contributed by atoms with E-state index in [4.69, 9.17) is 4.74 Å². The lowest BCUT2D eigenvalue weighted by atomic mass is 9.91. The molecule has 0 aliphatic heterocycles. The van der Waals surface area contributed by atoms with Gasteiger partial charge in [-0.25, -0.2) is 0 Å². The number of rotatable bonds is 9. The van der Waals surface area contributed by atoms with E-state index in [2.05, 4.69) is 66.7 Å². The molecule has 0 bridgehead atoms. The summed E-state index contributed by atoms with van der Waals surface area (Å²) in [6.45, 7) is 2.32. The van der Waals surface area contributed by atoms with Gasteiger partial charge in [0.25, 0.3) is 0 Å². The average Bonchev–Trinajstić information content (AvgIpc) is 2.71. The number of ether oxygens (including phenoxy) is 1. The second-order valence-electron chi connectivity index (χ2n) is 7.02. The predicted molar refractivity (Wildman–Crippen MR) is 112 cm³/mol. The van der Waals surface area contributed by atoms with Crippen molar-refractivity contribution in [3.63, 3.8) is 0 Å². The molecule has 1 unspecified atom stereocenters. The molecule has 0 aliphatic rings. The summed E-state index contributed by atoms with van der Waals surface area (Å²) < 4.78 is 5.36. The van der Waals surface area contributed by atoms with Gasteiger partial charge in [0.05, 0.1) is 12.5 Å². The molecular formula is C25H28O2. The van der Waals surface area contributed by atoms with Crippen molar-refractivity contribution in [3.05, 3.63) is 83.9 Å². The Morgan fingerprint density at radius 2 is 1.63 bits per heavy atom. The van der Waals surface area contributed by atoms with Gasteiger partial charge in [0.15, 0.2) is 0 Å². The van der Waals surface area contributed by atoms with Crippen molar-refractivity contribution in [2.45, 2.75) is 39.0 Å². The van der Waals surface area contributed by atoms with Crippen molar-refractivity contribution in [2.75, 3.05) is 6.61 Å². The Morgan fingerprint density at radius 3 is 2.44 bits per heavy atom. The molecule has 0 fully saturated rings. The molecule has 0 spiro atoms. The number of carbonyl (C=O) groups is 1. The summed E-state index contributed by atoms with van der Waals surface area (Å²) in [4.78, 5) is 12.5. The van der Waals surface area contributed by atoms with Crippen LogP contribution in [-0.4, -0.2) is 12.6 Å².